The highest BCUT2D eigenvalue weighted by molar-refractivity contribution is 5.95. The third kappa shape index (κ3) is 5.62. The van der Waals surface area contributed by atoms with Crippen molar-refractivity contribution in [2.24, 2.45) is 0 Å². The fourth-order valence-corrected chi connectivity index (χ4v) is 2.25. The summed E-state index contributed by atoms with van der Waals surface area (Å²) in [4.78, 5) is 36.0. The molecule has 0 fully saturated rings. The molecule has 0 saturated carbocycles. The quantitative estimate of drug-likeness (QED) is 0.744. The summed E-state index contributed by atoms with van der Waals surface area (Å²) in [5.41, 5.74) is 2.77. The molecule has 0 bridgehead atoms. The molecule has 136 valence electrons. The first-order valence-corrected chi connectivity index (χ1v) is 8.11. The molecule has 0 atom stereocenters. The summed E-state index contributed by atoms with van der Waals surface area (Å²) in [6, 6.07) is 14.1. The van der Waals surface area contributed by atoms with Crippen LogP contribution in [0.4, 0.5) is 22.7 Å². The minimum absolute atomic E-state index is 0.0495. The van der Waals surface area contributed by atoms with Gasteiger partial charge in [-0.05, 0) is 42.5 Å². The van der Waals surface area contributed by atoms with Crippen LogP contribution in [-0.4, -0.2) is 31.3 Å². The van der Waals surface area contributed by atoms with Gasteiger partial charge >= 0.3 is 0 Å². The van der Waals surface area contributed by atoms with Gasteiger partial charge in [-0.3, -0.25) is 14.4 Å². The van der Waals surface area contributed by atoms with Gasteiger partial charge in [-0.15, -0.1) is 0 Å². The van der Waals surface area contributed by atoms with Gasteiger partial charge in [0, 0.05) is 43.6 Å². The molecule has 7 nitrogen and oxygen atoms in total. The molecule has 0 unspecified atom stereocenters. The van der Waals surface area contributed by atoms with Crippen molar-refractivity contribution in [3.05, 3.63) is 48.5 Å². The molecular formula is C19H22N4O3. The van der Waals surface area contributed by atoms with Crippen LogP contribution >= 0.6 is 0 Å². The summed E-state index contributed by atoms with van der Waals surface area (Å²) in [6.45, 7) is 3.01. The zero-order chi connectivity index (χ0) is 19.1. The van der Waals surface area contributed by atoms with Crippen LogP contribution in [0.5, 0.6) is 0 Å². The molecule has 3 N–H and O–H groups in total. The Balaban J connectivity index is 1.89. The van der Waals surface area contributed by atoms with E-state index < -0.39 is 0 Å². The maximum Gasteiger partial charge on any atom is 0.243 e. The Kier molecular flexibility index (Phi) is 6.32. The number of rotatable bonds is 6. The first-order valence-electron chi connectivity index (χ1n) is 8.11. The summed E-state index contributed by atoms with van der Waals surface area (Å²) in [5.74, 6) is -0.435. The predicted octanol–water partition coefficient (Wildman–Crippen LogP) is 2.68. The smallest absolute Gasteiger partial charge is 0.243 e. The van der Waals surface area contributed by atoms with Gasteiger partial charge in [0.05, 0.1) is 6.54 Å². The Morgan fingerprint density at radius 2 is 1.50 bits per heavy atom. The lowest BCUT2D eigenvalue weighted by atomic mass is 10.2. The number of amides is 3. The van der Waals surface area contributed by atoms with Gasteiger partial charge in [-0.1, -0.05) is 6.07 Å². The van der Waals surface area contributed by atoms with Crippen LogP contribution in [0.3, 0.4) is 0 Å². The first kappa shape index (κ1) is 19.0. The molecule has 3 amide bonds. The summed E-state index contributed by atoms with van der Waals surface area (Å²) in [7, 11) is 1.70. The number of carbonyl (C=O) groups excluding carboxylic acids is 3. The summed E-state index contributed by atoms with van der Waals surface area (Å²) in [5, 5.41) is 8.45. The number of hydrogen-bond donors (Lipinski definition) is 3. The Morgan fingerprint density at radius 1 is 0.885 bits per heavy atom. The number of carbonyl (C=O) groups is 3. The van der Waals surface area contributed by atoms with Gasteiger partial charge in [0.2, 0.25) is 17.7 Å². The molecule has 2 aromatic carbocycles. The van der Waals surface area contributed by atoms with Crippen molar-refractivity contribution in [2.75, 3.05) is 34.4 Å². The van der Waals surface area contributed by atoms with Crippen molar-refractivity contribution in [1.29, 1.82) is 0 Å². The van der Waals surface area contributed by atoms with Gasteiger partial charge in [0.1, 0.15) is 0 Å². The number of anilines is 4. The van der Waals surface area contributed by atoms with Crippen LogP contribution in [-0.2, 0) is 14.4 Å². The number of hydrogen-bond acceptors (Lipinski definition) is 4. The van der Waals surface area contributed by atoms with E-state index in [-0.39, 0.29) is 24.3 Å². The summed E-state index contributed by atoms with van der Waals surface area (Å²) in [6.07, 6.45) is 0. The molecule has 0 aromatic heterocycles. The zero-order valence-corrected chi connectivity index (χ0v) is 15.0. The lowest BCUT2D eigenvalue weighted by Crippen LogP contribution is -2.23. The van der Waals surface area contributed by atoms with E-state index in [0.29, 0.717) is 11.4 Å². The standard InChI is InChI=1S/C19H22N4O3/c1-13(24)21-16-5-4-6-17(11-16)22-19(26)12-20-15-7-9-18(10-8-15)23(3)14(2)25/h4-11,20H,12H2,1-3H3,(H,21,24)(H,22,26). The Labute approximate surface area is 152 Å². The van der Waals surface area contributed by atoms with Gasteiger partial charge in [0.15, 0.2) is 0 Å². The van der Waals surface area contributed by atoms with Crippen LogP contribution in [0.15, 0.2) is 48.5 Å². The molecule has 0 heterocycles. The van der Waals surface area contributed by atoms with E-state index in [1.54, 1.807) is 60.5 Å². The van der Waals surface area contributed by atoms with Gasteiger partial charge in [-0.25, -0.2) is 0 Å². The molecule has 2 rings (SSSR count). The van der Waals surface area contributed by atoms with E-state index in [0.717, 1.165) is 11.4 Å². The molecule has 0 radical (unpaired) electrons. The molecule has 0 aliphatic rings. The van der Waals surface area contributed by atoms with Crippen molar-refractivity contribution < 1.29 is 14.4 Å². The van der Waals surface area contributed by atoms with E-state index in [2.05, 4.69) is 16.0 Å². The second-order valence-electron chi connectivity index (χ2n) is 5.79. The number of nitrogens with one attached hydrogen (secondary N) is 3. The van der Waals surface area contributed by atoms with E-state index in [1.807, 2.05) is 0 Å². The minimum Gasteiger partial charge on any atom is -0.376 e. The lowest BCUT2D eigenvalue weighted by Gasteiger charge is -2.15. The van der Waals surface area contributed by atoms with Crippen LogP contribution < -0.4 is 20.9 Å². The Morgan fingerprint density at radius 3 is 2.08 bits per heavy atom. The average molecular weight is 354 g/mol. The highest BCUT2D eigenvalue weighted by atomic mass is 16.2. The van der Waals surface area contributed by atoms with E-state index in [9.17, 15) is 14.4 Å². The SMILES string of the molecule is CC(=O)Nc1cccc(NC(=O)CNc2ccc(N(C)C(C)=O)cc2)c1. The van der Waals surface area contributed by atoms with Crippen molar-refractivity contribution in [1.82, 2.24) is 0 Å². The van der Waals surface area contributed by atoms with E-state index >= 15 is 0 Å². The number of benzene rings is 2. The third-order valence-electron chi connectivity index (χ3n) is 3.65. The molecule has 26 heavy (non-hydrogen) atoms. The maximum atomic E-state index is 12.1. The van der Waals surface area contributed by atoms with Gasteiger partial charge in [-0.2, -0.15) is 0 Å². The molecule has 2 aromatic rings. The fraction of sp³-hybridized carbons (Fsp3) is 0.211. The molecular weight excluding hydrogens is 332 g/mol. The predicted molar refractivity (Wildman–Crippen MR) is 103 cm³/mol. The van der Waals surface area contributed by atoms with Crippen molar-refractivity contribution >= 4 is 40.5 Å². The maximum absolute atomic E-state index is 12.1. The highest BCUT2D eigenvalue weighted by Crippen LogP contribution is 2.17. The first-order chi connectivity index (χ1) is 12.3. The highest BCUT2D eigenvalue weighted by Gasteiger charge is 2.06. The van der Waals surface area contributed by atoms with Crippen LogP contribution in [0.25, 0.3) is 0 Å². The summed E-state index contributed by atoms with van der Waals surface area (Å²) >= 11 is 0. The van der Waals surface area contributed by atoms with Crippen molar-refractivity contribution in [2.45, 2.75) is 13.8 Å². The third-order valence-corrected chi connectivity index (χ3v) is 3.65. The number of nitrogens with zero attached hydrogens (tertiary/aromatic N) is 1. The normalized spacial score (nSPS) is 9.96. The zero-order valence-electron chi connectivity index (χ0n) is 15.0. The van der Waals surface area contributed by atoms with Crippen LogP contribution in [0.1, 0.15) is 13.8 Å². The molecule has 7 heteroatoms. The topological polar surface area (TPSA) is 90.5 Å². The monoisotopic (exact) mass is 354 g/mol. The van der Waals surface area contributed by atoms with Gasteiger partial charge < -0.3 is 20.9 Å². The largest absolute Gasteiger partial charge is 0.376 e. The van der Waals surface area contributed by atoms with E-state index in [1.165, 1.54) is 13.8 Å². The van der Waals surface area contributed by atoms with Crippen molar-refractivity contribution in [3.63, 3.8) is 0 Å². The van der Waals surface area contributed by atoms with Crippen LogP contribution in [0, 0.1) is 0 Å². The lowest BCUT2D eigenvalue weighted by molar-refractivity contribution is -0.116. The second-order valence-corrected chi connectivity index (χ2v) is 5.79. The van der Waals surface area contributed by atoms with Gasteiger partial charge in [0.25, 0.3) is 0 Å². The van der Waals surface area contributed by atoms with E-state index in [4.69, 9.17) is 0 Å². The fourth-order valence-electron chi connectivity index (χ4n) is 2.25. The average Bonchev–Trinajstić information content (AvgIpc) is 2.59. The summed E-state index contributed by atoms with van der Waals surface area (Å²) < 4.78 is 0. The Hall–Kier alpha value is -3.35. The molecule has 0 aliphatic heterocycles. The van der Waals surface area contributed by atoms with Crippen molar-refractivity contribution in [3.8, 4) is 0 Å². The molecule has 0 aliphatic carbocycles. The second kappa shape index (κ2) is 8.66. The molecule has 0 saturated heterocycles. The van der Waals surface area contributed by atoms with Crippen LogP contribution in [0.2, 0.25) is 0 Å². The Bertz CT molecular complexity index is 803. The minimum atomic E-state index is -0.213. The molecule has 0 spiro atoms.